The van der Waals surface area contributed by atoms with Crippen LogP contribution in [0.15, 0.2) is 60.8 Å². The number of hydrogen-bond acceptors (Lipinski definition) is 11. The molecule has 2 unspecified atom stereocenters. The van der Waals surface area contributed by atoms with E-state index in [9.17, 15) is 37.9 Å². The van der Waals surface area contributed by atoms with Gasteiger partial charge in [0.1, 0.15) is 36.8 Å². The summed E-state index contributed by atoms with van der Waals surface area (Å²) in [6.45, 7) is 3.61. The number of aliphatic hydroxyl groups is 3. The minimum absolute atomic E-state index is 0.0842. The van der Waals surface area contributed by atoms with E-state index in [1.54, 1.807) is 0 Å². The minimum Gasteiger partial charge on any atom is -0.462 e. The van der Waals surface area contributed by atoms with Crippen LogP contribution in [0.5, 0.6) is 0 Å². The van der Waals surface area contributed by atoms with Crippen LogP contribution in [0.4, 0.5) is 0 Å². The summed E-state index contributed by atoms with van der Waals surface area (Å²) in [7, 11) is -4.61. The van der Waals surface area contributed by atoms with Gasteiger partial charge in [-0.15, -0.1) is 0 Å². The summed E-state index contributed by atoms with van der Waals surface area (Å²) >= 11 is 0. The number of rotatable bonds is 33. The number of ether oxygens (including phenoxy) is 4. The molecule has 0 amide bonds. The molecule has 1 aliphatic heterocycles. The molecule has 1 saturated heterocycles. The van der Waals surface area contributed by atoms with Crippen molar-refractivity contribution in [3.63, 3.8) is 0 Å². The standard InChI is InChI=1S/C43H72O12S/c1-3-5-7-9-11-13-15-16-17-18-19-20-22-24-26-28-30-32-39(45)54-36(33-52-38(44)31-29-27-25-23-21-14-12-10-8-6-4-2)34-53-43-42(48)41(47)40(46)37(55-43)35-56(49,50)51/h10-13,16-17,19-20,24,26,36-37,40-43,46-48H,3-9,14-15,18,21-23,25,27-35H2,1-2H3,(H,49,50,51)/b12-10+,13-11+,17-16+,20-19+,26-24+/t36-,37-,40-,41?,42?,43+/m1/s1. The van der Waals surface area contributed by atoms with E-state index in [1.165, 1.54) is 32.1 Å². The first-order valence-electron chi connectivity index (χ1n) is 20.8. The Bertz CT molecular complexity index is 1280. The molecule has 13 heteroatoms. The number of carbonyl (C=O) groups is 2. The van der Waals surface area contributed by atoms with Crippen molar-refractivity contribution in [1.29, 1.82) is 0 Å². The Hall–Kier alpha value is -2.65. The zero-order valence-corrected chi connectivity index (χ0v) is 34.8. The van der Waals surface area contributed by atoms with Gasteiger partial charge in [-0.2, -0.15) is 8.42 Å². The van der Waals surface area contributed by atoms with Crippen molar-refractivity contribution in [2.75, 3.05) is 19.0 Å². The summed E-state index contributed by atoms with van der Waals surface area (Å²) in [5, 5.41) is 30.8. The van der Waals surface area contributed by atoms with Crippen LogP contribution >= 0.6 is 0 Å². The number of unbranched alkanes of at least 4 members (excludes halogenated alkanes) is 11. The highest BCUT2D eigenvalue weighted by atomic mass is 32.2. The number of esters is 2. The monoisotopic (exact) mass is 812 g/mol. The van der Waals surface area contributed by atoms with Gasteiger partial charge in [-0.1, -0.05) is 120 Å². The van der Waals surface area contributed by atoms with E-state index in [1.807, 2.05) is 12.2 Å². The first kappa shape index (κ1) is 51.4. The summed E-state index contributed by atoms with van der Waals surface area (Å²) in [6.07, 6.45) is 30.0. The van der Waals surface area contributed by atoms with Crippen molar-refractivity contribution in [1.82, 2.24) is 0 Å². The van der Waals surface area contributed by atoms with Crippen LogP contribution in [-0.4, -0.2) is 96.0 Å². The second-order valence-corrected chi connectivity index (χ2v) is 15.8. The number of hydrogen-bond donors (Lipinski definition) is 4. The third-order valence-corrected chi connectivity index (χ3v) is 9.82. The minimum atomic E-state index is -4.61. The van der Waals surface area contributed by atoms with Gasteiger partial charge in [0.2, 0.25) is 0 Å². The highest BCUT2D eigenvalue weighted by Crippen LogP contribution is 2.24. The van der Waals surface area contributed by atoms with Crippen LogP contribution in [0.1, 0.15) is 142 Å². The van der Waals surface area contributed by atoms with Gasteiger partial charge in [0.25, 0.3) is 10.1 Å². The first-order valence-corrected chi connectivity index (χ1v) is 22.5. The molecule has 1 aliphatic rings. The topological polar surface area (TPSA) is 186 Å². The van der Waals surface area contributed by atoms with Crippen LogP contribution < -0.4 is 0 Å². The summed E-state index contributed by atoms with van der Waals surface area (Å²) in [5.41, 5.74) is 0. The molecule has 6 atom stereocenters. The molecule has 0 aromatic rings. The largest absolute Gasteiger partial charge is 0.462 e. The van der Waals surface area contributed by atoms with Crippen molar-refractivity contribution >= 4 is 22.1 Å². The molecule has 1 rings (SSSR count). The Balaban J connectivity index is 2.55. The Morgan fingerprint density at radius 1 is 0.607 bits per heavy atom. The van der Waals surface area contributed by atoms with Gasteiger partial charge in [0.05, 0.1) is 6.61 Å². The van der Waals surface area contributed by atoms with Gasteiger partial charge in [0, 0.05) is 12.8 Å². The third kappa shape index (κ3) is 27.9. The Morgan fingerprint density at radius 3 is 1.71 bits per heavy atom. The first-order chi connectivity index (χ1) is 27.0. The van der Waals surface area contributed by atoms with Crippen molar-refractivity contribution < 1.29 is 56.8 Å². The van der Waals surface area contributed by atoms with Crippen molar-refractivity contribution in [2.24, 2.45) is 0 Å². The van der Waals surface area contributed by atoms with E-state index in [2.05, 4.69) is 62.5 Å². The van der Waals surface area contributed by atoms with Crippen molar-refractivity contribution in [3.05, 3.63) is 60.8 Å². The molecule has 0 aromatic carbocycles. The molecule has 0 bridgehead atoms. The van der Waals surface area contributed by atoms with Crippen LogP contribution in [0, 0.1) is 0 Å². The normalized spacial score (nSPS) is 21.3. The molecule has 0 aliphatic carbocycles. The fraction of sp³-hybridized carbons (Fsp3) is 0.721. The second-order valence-electron chi connectivity index (χ2n) is 14.3. The lowest BCUT2D eigenvalue weighted by molar-refractivity contribution is -0.297. The lowest BCUT2D eigenvalue weighted by Gasteiger charge is -2.40. The molecule has 1 fully saturated rings. The lowest BCUT2D eigenvalue weighted by Crippen LogP contribution is -2.60. The highest BCUT2D eigenvalue weighted by molar-refractivity contribution is 7.85. The highest BCUT2D eigenvalue weighted by Gasteiger charge is 2.46. The molecular formula is C43H72O12S. The summed E-state index contributed by atoms with van der Waals surface area (Å²) in [4.78, 5) is 25.3. The van der Waals surface area contributed by atoms with Crippen molar-refractivity contribution in [2.45, 2.75) is 179 Å². The number of carbonyl (C=O) groups excluding carboxylic acids is 2. The average Bonchev–Trinajstić information content (AvgIpc) is 3.16. The van der Waals surface area contributed by atoms with Crippen LogP contribution in [0.25, 0.3) is 0 Å². The van der Waals surface area contributed by atoms with E-state index >= 15 is 0 Å². The maximum Gasteiger partial charge on any atom is 0.306 e. The summed E-state index contributed by atoms with van der Waals surface area (Å²) in [5.74, 6) is -2.08. The van der Waals surface area contributed by atoms with E-state index in [0.29, 0.717) is 19.3 Å². The Labute approximate surface area is 336 Å². The van der Waals surface area contributed by atoms with Gasteiger partial charge in [0.15, 0.2) is 12.4 Å². The maximum atomic E-state index is 12.7. The van der Waals surface area contributed by atoms with Gasteiger partial charge >= 0.3 is 11.9 Å². The quantitative estimate of drug-likeness (QED) is 0.0219. The van der Waals surface area contributed by atoms with Gasteiger partial charge in [-0.3, -0.25) is 14.1 Å². The Morgan fingerprint density at radius 2 is 1.11 bits per heavy atom. The average molecular weight is 813 g/mol. The lowest BCUT2D eigenvalue weighted by atomic mass is 10.00. The van der Waals surface area contributed by atoms with Crippen molar-refractivity contribution in [3.8, 4) is 0 Å². The molecule has 0 spiro atoms. The fourth-order valence-corrected chi connectivity index (χ4v) is 6.46. The predicted octanol–water partition coefficient (Wildman–Crippen LogP) is 7.78. The molecular weight excluding hydrogens is 741 g/mol. The molecule has 0 aromatic heterocycles. The van der Waals surface area contributed by atoms with E-state index < -0.39 is 71.2 Å². The summed E-state index contributed by atoms with van der Waals surface area (Å²) < 4.78 is 53.8. The molecule has 0 saturated carbocycles. The van der Waals surface area contributed by atoms with E-state index in [0.717, 1.165) is 64.2 Å². The molecule has 4 N–H and O–H groups in total. The van der Waals surface area contributed by atoms with E-state index in [4.69, 9.17) is 18.9 Å². The van der Waals surface area contributed by atoms with Gasteiger partial charge in [-0.25, -0.2) is 0 Å². The molecule has 12 nitrogen and oxygen atoms in total. The zero-order chi connectivity index (χ0) is 41.3. The number of allylic oxidation sites excluding steroid dienone is 10. The van der Waals surface area contributed by atoms with Crippen LogP contribution in [0.3, 0.4) is 0 Å². The van der Waals surface area contributed by atoms with E-state index in [-0.39, 0.29) is 19.4 Å². The van der Waals surface area contributed by atoms with Crippen LogP contribution in [-0.2, 0) is 38.7 Å². The van der Waals surface area contributed by atoms with Gasteiger partial charge in [-0.05, 0) is 70.6 Å². The Kier molecular flexibility index (Phi) is 30.6. The molecule has 56 heavy (non-hydrogen) atoms. The predicted molar refractivity (Wildman–Crippen MR) is 219 cm³/mol. The zero-order valence-electron chi connectivity index (χ0n) is 34.0. The smallest absolute Gasteiger partial charge is 0.306 e. The fourth-order valence-electron chi connectivity index (χ4n) is 5.77. The second kappa shape index (κ2) is 33.3. The van der Waals surface area contributed by atoms with Crippen LogP contribution in [0.2, 0.25) is 0 Å². The SMILES string of the molecule is CCCC/C=C/CCCCCCCC(=O)OC[C@H](CO[C@H]1O[C@H](CS(=O)(=O)O)[C@@H](O)C(O)C1O)OC(=O)CCC/C=C/C/C=C/C/C=C/C/C=C/CCCCC. The molecule has 322 valence electrons. The third-order valence-electron chi connectivity index (χ3n) is 9.07. The summed E-state index contributed by atoms with van der Waals surface area (Å²) in [6, 6.07) is 0. The number of aliphatic hydroxyl groups excluding tert-OH is 3. The van der Waals surface area contributed by atoms with Gasteiger partial charge < -0.3 is 34.3 Å². The molecule has 0 radical (unpaired) electrons. The molecule has 1 heterocycles. The maximum absolute atomic E-state index is 12.7.